The maximum absolute atomic E-state index is 5.61. The molecule has 16 heavy (non-hydrogen) atoms. The molecular formula is C10H10BrN3OS. The highest BCUT2D eigenvalue weighted by Crippen LogP contribution is 2.30. The highest BCUT2D eigenvalue weighted by molar-refractivity contribution is 9.10. The molecule has 4 nitrogen and oxygen atoms in total. The molecule has 0 saturated heterocycles. The summed E-state index contributed by atoms with van der Waals surface area (Å²) in [4.78, 5) is 0. The number of benzene rings is 1. The Labute approximate surface area is 106 Å². The van der Waals surface area contributed by atoms with Crippen molar-refractivity contribution >= 4 is 27.3 Å². The first kappa shape index (κ1) is 11.5. The summed E-state index contributed by atoms with van der Waals surface area (Å²) >= 11 is 4.84. The van der Waals surface area contributed by atoms with Crippen LogP contribution in [0.3, 0.4) is 0 Å². The van der Waals surface area contributed by atoms with Crippen molar-refractivity contribution in [1.29, 1.82) is 0 Å². The summed E-state index contributed by atoms with van der Waals surface area (Å²) in [5.74, 6) is 0.745. The minimum Gasteiger partial charge on any atom is -0.429 e. The summed E-state index contributed by atoms with van der Waals surface area (Å²) in [5, 5.41) is 12.4. The number of hydrogen-bond donors (Lipinski definition) is 1. The molecule has 0 aliphatic rings. The lowest BCUT2D eigenvalue weighted by molar-refractivity contribution is 0.470. The van der Waals surface area contributed by atoms with Crippen LogP contribution < -0.4 is 10.1 Å². The van der Waals surface area contributed by atoms with Gasteiger partial charge in [-0.05, 0) is 35.1 Å². The minimum atomic E-state index is 0.553. The number of ether oxygens (including phenoxy) is 1. The average Bonchev–Trinajstić information content (AvgIpc) is 2.70. The van der Waals surface area contributed by atoms with Crippen molar-refractivity contribution in [3.8, 4) is 10.9 Å². The van der Waals surface area contributed by atoms with E-state index in [9.17, 15) is 0 Å². The van der Waals surface area contributed by atoms with E-state index in [-0.39, 0.29) is 0 Å². The van der Waals surface area contributed by atoms with E-state index in [1.165, 1.54) is 11.3 Å². The van der Waals surface area contributed by atoms with Crippen LogP contribution in [0.25, 0.3) is 0 Å². The van der Waals surface area contributed by atoms with Crippen LogP contribution in [0.1, 0.15) is 5.01 Å². The number of aromatic nitrogens is 2. The highest BCUT2D eigenvalue weighted by atomic mass is 79.9. The van der Waals surface area contributed by atoms with E-state index in [0.29, 0.717) is 11.7 Å². The first-order valence-electron chi connectivity index (χ1n) is 4.69. The van der Waals surface area contributed by atoms with Crippen LogP contribution in [0, 0.1) is 0 Å². The predicted octanol–water partition coefficient (Wildman–Crippen LogP) is 2.81. The molecule has 6 heteroatoms. The molecule has 1 N–H and O–H groups in total. The SMILES string of the molecule is CNCc1nnc(Oc2ccccc2Br)s1. The van der Waals surface area contributed by atoms with E-state index in [2.05, 4.69) is 31.4 Å². The topological polar surface area (TPSA) is 47.0 Å². The van der Waals surface area contributed by atoms with Gasteiger partial charge in [0, 0.05) is 6.54 Å². The average molecular weight is 300 g/mol. The quantitative estimate of drug-likeness (QED) is 0.943. The van der Waals surface area contributed by atoms with Crippen molar-refractivity contribution in [2.24, 2.45) is 0 Å². The molecule has 0 atom stereocenters. The standard InChI is InChI=1S/C10H10BrN3OS/c1-12-6-9-13-14-10(16-9)15-8-5-3-2-4-7(8)11/h2-5,12H,6H2,1H3. The van der Waals surface area contributed by atoms with E-state index in [4.69, 9.17) is 4.74 Å². The summed E-state index contributed by atoms with van der Waals surface area (Å²) < 4.78 is 6.51. The van der Waals surface area contributed by atoms with Crippen LogP contribution in [0.4, 0.5) is 0 Å². The molecule has 0 spiro atoms. The molecule has 1 aromatic carbocycles. The molecule has 0 saturated carbocycles. The summed E-state index contributed by atoms with van der Waals surface area (Å²) in [6, 6.07) is 7.65. The van der Waals surface area contributed by atoms with Gasteiger partial charge in [0.05, 0.1) is 4.47 Å². The van der Waals surface area contributed by atoms with Gasteiger partial charge in [0.15, 0.2) is 0 Å². The molecule has 0 unspecified atom stereocenters. The molecule has 2 aromatic rings. The Morgan fingerprint density at radius 2 is 2.19 bits per heavy atom. The predicted molar refractivity (Wildman–Crippen MR) is 66.9 cm³/mol. The molecule has 2 rings (SSSR count). The number of para-hydroxylation sites is 1. The lowest BCUT2D eigenvalue weighted by atomic mass is 10.3. The van der Waals surface area contributed by atoms with Gasteiger partial charge in [0.2, 0.25) is 0 Å². The molecule has 0 fully saturated rings. The van der Waals surface area contributed by atoms with Crippen molar-refractivity contribution < 1.29 is 4.74 Å². The Kier molecular flexibility index (Phi) is 3.87. The molecule has 0 bridgehead atoms. The van der Waals surface area contributed by atoms with Gasteiger partial charge in [-0.1, -0.05) is 28.6 Å². The first-order chi connectivity index (χ1) is 7.79. The number of halogens is 1. The summed E-state index contributed by atoms with van der Waals surface area (Å²) in [6.45, 7) is 0.705. The van der Waals surface area contributed by atoms with E-state index < -0.39 is 0 Å². The smallest absolute Gasteiger partial charge is 0.299 e. The highest BCUT2D eigenvalue weighted by Gasteiger charge is 2.07. The van der Waals surface area contributed by atoms with E-state index in [1.807, 2.05) is 31.3 Å². The van der Waals surface area contributed by atoms with E-state index in [0.717, 1.165) is 15.2 Å². The molecule has 0 radical (unpaired) electrons. The third-order valence-corrected chi connectivity index (χ3v) is 3.27. The second-order valence-electron chi connectivity index (χ2n) is 3.02. The Morgan fingerprint density at radius 3 is 2.94 bits per heavy atom. The molecule has 1 aromatic heterocycles. The summed E-state index contributed by atoms with van der Waals surface area (Å²) in [5.41, 5.74) is 0. The van der Waals surface area contributed by atoms with Crippen LogP contribution >= 0.6 is 27.3 Å². The number of nitrogens with zero attached hydrogens (tertiary/aromatic N) is 2. The van der Waals surface area contributed by atoms with Crippen molar-refractivity contribution in [1.82, 2.24) is 15.5 Å². The van der Waals surface area contributed by atoms with Crippen LogP contribution in [0.5, 0.6) is 10.9 Å². The van der Waals surface area contributed by atoms with Gasteiger partial charge in [0.1, 0.15) is 10.8 Å². The number of hydrogen-bond acceptors (Lipinski definition) is 5. The number of nitrogens with one attached hydrogen (secondary N) is 1. The number of rotatable bonds is 4. The van der Waals surface area contributed by atoms with Crippen molar-refractivity contribution in [3.63, 3.8) is 0 Å². The van der Waals surface area contributed by atoms with Gasteiger partial charge >= 0.3 is 0 Å². The molecule has 0 aliphatic heterocycles. The van der Waals surface area contributed by atoms with Gasteiger partial charge < -0.3 is 10.1 Å². The van der Waals surface area contributed by atoms with Gasteiger partial charge in [-0.2, -0.15) is 0 Å². The molecular weight excluding hydrogens is 290 g/mol. The van der Waals surface area contributed by atoms with Gasteiger partial charge in [-0.15, -0.1) is 5.10 Å². The fraction of sp³-hybridized carbons (Fsp3) is 0.200. The third-order valence-electron chi connectivity index (χ3n) is 1.81. The normalized spacial score (nSPS) is 10.4. The largest absolute Gasteiger partial charge is 0.429 e. The zero-order valence-corrected chi connectivity index (χ0v) is 11.0. The summed E-state index contributed by atoms with van der Waals surface area (Å²) in [7, 11) is 1.87. The van der Waals surface area contributed by atoms with E-state index >= 15 is 0 Å². The Bertz CT molecular complexity index is 475. The van der Waals surface area contributed by atoms with Crippen molar-refractivity contribution in [2.45, 2.75) is 6.54 Å². The van der Waals surface area contributed by atoms with Crippen molar-refractivity contribution in [2.75, 3.05) is 7.05 Å². The fourth-order valence-corrected chi connectivity index (χ4v) is 2.20. The molecule has 0 aliphatic carbocycles. The van der Waals surface area contributed by atoms with Crippen LogP contribution in [-0.4, -0.2) is 17.2 Å². The fourth-order valence-electron chi connectivity index (χ4n) is 1.12. The monoisotopic (exact) mass is 299 g/mol. The van der Waals surface area contributed by atoms with E-state index in [1.54, 1.807) is 0 Å². The maximum atomic E-state index is 5.61. The molecule has 1 heterocycles. The summed E-state index contributed by atoms with van der Waals surface area (Å²) in [6.07, 6.45) is 0. The first-order valence-corrected chi connectivity index (χ1v) is 6.30. The Balaban J connectivity index is 2.11. The molecule has 84 valence electrons. The lowest BCUT2D eigenvalue weighted by Crippen LogP contribution is -2.04. The zero-order valence-electron chi connectivity index (χ0n) is 8.61. The van der Waals surface area contributed by atoms with Gasteiger partial charge in [-0.3, -0.25) is 0 Å². The van der Waals surface area contributed by atoms with Crippen LogP contribution in [0.2, 0.25) is 0 Å². The van der Waals surface area contributed by atoms with Crippen molar-refractivity contribution in [3.05, 3.63) is 33.7 Å². The van der Waals surface area contributed by atoms with Crippen LogP contribution in [-0.2, 0) is 6.54 Å². The Hall–Kier alpha value is -0.980. The maximum Gasteiger partial charge on any atom is 0.299 e. The second-order valence-corrected chi connectivity index (χ2v) is 4.90. The third kappa shape index (κ3) is 2.78. The lowest BCUT2D eigenvalue weighted by Gasteiger charge is -2.02. The van der Waals surface area contributed by atoms with Crippen LogP contribution in [0.15, 0.2) is 28.7 Å². The van der Waals surface area contributed by atoms with Gasteiger partial charge in [-0.25, -0.2) is 0 Å². The Morgan fingerprint density at radius 1 is 1.38 bits per heavy atom. The zero-order chi connectivity index (χ0) is 11.4. The second kappa shape index (κ2) is 5.38. The van der Waals surface area contributed by atoms with Gasteiger partial charge in [0.25, 0.3) is 5.19 Å². The molecule has 0 amide bonds. The minimum absolute atomic E-state index is 0.553.